The van der Waals surface area contributed by atoms with Crippen LogP contribution in [0.15, 0.2) is 54.6 Å². The molecule has 1 heterocycles. The molecule has 142 valence electrons. The Morgan fingerprint density at radius 3 is 2.37 bits per heavy atom. The maximum Gasteiger partial charge on any atom is 0.117 e. The molecule has 6 nitrogen and oxygen atoms in total. The third-order valence-corrected chi connectivity index (χ3v) is 4.32. The topological polar surface area (TPSA) is 75.0 Å². The first-order valence-electron chi connectivity index (χ1n) is 9.02. The number of nitrogens with zero attached hydrogens (tertiary/aromatic N) is 3. The van der Waals surface area contributed by atoms with E-state index in [0.717, 1.165) is 40.6 Å². The summed E-state index contributed by atoms with van der Waals surface area (Å²) in [5, 5.41) is 25.4. The van der Waals surface area contributed by atoms with E-state index < -0.39 is 0 Å². The number of hydrogen-bond donors (Lipinski definition) is 3. The zero-order valence-corrected chi connectivity index (χ0v) is 15.9. The highest BCUT2D eigenvalue weighted by Gasteiger charge is 2.13. The van der Waals surface area contributed by atoms with Gasteiger partial charge in [-0.15, -0.1) is 0 Å². The second kappa shape index (κ2) is 10.2. The van der Waals surface area contributed by atoms with Crippen molar-refractivity contribution < 1.29 is 5.11 Å². The van der Waals surface area contributed by atoms with E-state index in [4.69, 9.17) is 21.8 Å². The largest absolute Gasteiger partial charge is 0.395 e. The number of aliphatic hydroxyl groups is 1. The zero-order chi connectivity index (χ0) is 18.9. The minimum atomic E-state index is 0.150. The van der Waals surface area contributed by atoms with Gasteiger partial charge in [0.1, 0.15) is 11.4 Å². The maximum absolute atomic E-state index is 8.79. The Hall–Kier alpha value is -2.25. The van der Waals surface area contributed by atoms with Crippen LogP contribution in [0.3, 0.4) is 0 Å². The highest BCUT2D eigenvalue weighted by molar-refractivity contribution is 6.30. The fourth-order valence-corrected chi connectivity index (χ4v) is 2.86. The standard InChI is InChI=1S/C20H24ClN5O/c21-18-8-6-16(7-9-18)15-26-24-19(14-23-11-10-22-12-13-27)20(25-26)17-4-2-1-3-5-17/h1-9,22-23,27H,10-15H2. The molecule has 27 heavy (non-hydrogen) atoms. The van der Waals surface area contributed by atoms with Crippen LogP contribution in [0, 0.1) is 0 Å². The molecule has 0 spiro atoms. The Labute approximate surface area is 164 Å². The second-order valence-electron chi connectivity index (χ2n) is 6.17. The Morgan fingerprint density at radius 1 is 0.889 bits per heavy atom. The first kappa shape index (κ1) is 19.5. The van der Waals surface area contributed by atoms with Crippen molar-refractivity contribution in [3.63, 3.8) is 0 Å². The van der Waals surface area contributed by atoms with Gasteiger partial charge in [0.05, 0.1) is 13.2 Å². The number of nitrogens with one attached hydrogen (secondary N) is 2. The molecular weight excluding hydrogens is 362 g/mol. The van der Waals surface area contributed by atoms with Gasteiger partial charge in [0.25, 0.3) is 0 Å². The van der Waals surface area contributed by atoms with Crippen LogP contribution >= 0.6 is 11.6 Å². The molecule has 3 aromatic rings. The van der Waals surface area contributed by atoms with Crippen molar-refractivity contribution in [3.8, 4) is 11.3 Å². The number of aromatic nitrogens is 3. The van der Waals surface area contributed by atoms with Crippen molar-refractivity contribution in [2.24, 2.45) is 0 Å². The summed E-state index contributed by atoms with van der Waals surface area (Å²) in [7, 11) is 0. The fraction of sp³-hybridized carbons (Fsp3) is 0.300. The molecule has 0 aliphatic carbocycles. The predicted molar refractivity (Wildman–Crippen MR) is 108 cm³/mol. The molecule has 0 aliphatic heterocycles. The van der Waals surface area contributed by atoms with Gasteiger partial charge in [-0.25, -0.2) is 0 Å². The van der Waals surface area contributed by atoms with Crippen molar-refractivity contribution in [1.82, 2.24) is 25.6 Å². The molecular formula is C20H24ClN5O. The number of aliphatic hydroxyl groups excluding tert-OH is 1. The molecule has 0 saturated heterocycles. The number of halogens is 1. The van der Waals surface area contributed by atoms with Crippen molar-refractivity contribution >= 4 is 11.6 Å². The van der Waals surface area contributed by atoms with Crippen molar-refractivity contribution in [1.29, 1.82) is 0 Å². The van der Waals surface area contributed by atoms with E-state index in [1.807, 2.05) is 54.6 Å². The summed E-state index contributed by atoms with van der Waals surface area (Å²) < 4.78 is 0. The van der Waals surface area contributed by atoms with E-state index in [-0.39, 0.29) is 6.61 Å². The fourth-order valence-electron chi connectivity index (χ4n) is 2.73. The highest BCUT2D eigenvalue weighted by atomic mass is 35.5. The lowest BCUT2D eigenvalue weighted by Crippen LogP contribution is -2.29. The molecule has 0 amide bonds. The smallest absolute Gasteiger partial charge is 0.117 e. The van der Waals surface area contributed by atoms with E-state index in [1.165, 1.54) is 0 Å². The third-order valence-electron chi connectivity index (χ3n) is 4.07. The van der Waals surface area contributed by atoms with Gasteiger partial charge in [-0.1, -0.05) is 54.1 Å². The number of rotatable bonds is 10. The minimum absolute atomic E-state index is 0.150. The van der Waals surface area contributed by atoms with Gasteiger partial charge in [0.2, 0.25) is 0 Å². The van der Waals surface area contributed by atoms with E-state index >= 15 is 0 Å². The molecule has 0 saturated carbocycles. The lowest BCUT2D eigenvalue weighted by molar-refractivity contribution is 0.292. The van der Waals surface area contributed by atoms with Crippen LogP contribution in [0.1, 0.15) is 11.3 Å². The van der Waals surface area contributed by atoms with Gasteiger partial charge in [-0.05, 0) is 17.7 Å². The van der Waals surface area contributed by atoms with Crippen LogP contribution in [-0.2, 0) is 13.1 Å². The van der Waals surface area contributed by atoms with Crippen LogP contribution in [-0.4, -0.2) is 46.3 Å². The SMILES string of the molecule is OCCNCCNCc1nn(Cc2ccc(Cl)cc2)nc1-c1ccccc1. The molecule has 3 N–H and O–H groups in total. The molecule has 0 aliphatic rings. The molecule has 0 atom stereocenters. The summed E-state index contributed by atoms with van der Waals surface area (Å²) in [5.74, 6) is 0. The second-order valence-corrected chi connectivity index (χ2v) is 6.61. The van der Waals surface area contributed by atoms with Gasteiger partial charge in [-0.2, -0.15) is 15.0 Å². The third kappa shape index (κ3) is 5.87. The summed E-state index contributed by atoms with van der Waals surface area (Å²) in [5.41, 5.74) is 3.95. The molecule has 0 bridgehead atoms. The van der Waals surface area contributed by atoms with Crippen LogP contribution in [0.4, 0.5) is 0 Å². The van der Waals surface area contributed by atoms with E-state index in [0.29, 0.717) is 19.6 Å². The molecule has 0 unspecified atom stereocenters. The van der Waals surface area contributed by atoms with Gasteiger partial charge in [0, 0.05) is 36.8 Å². The quantitative estimate of drug-likeness (QED) is 0.467. The van der Waals surface area contributed by atoms with E-state index in [2.05, 4.69) is 15.7 Å². The Balaban J connectivity index is 1.71. The first-order valence-corrected chi connectivity index (χ1v) is 9.40. The lowest BCUT2D eigenvalue weighted by Gasteiger charge is -2.05. The van der Waals surface area contributed by atoms with Crippen LogP contribution in [0.25, 0.3) is 11.3 Å². The summed E-state index contributed by atoms with van der Waals surface area (Å²) in [6, 6.07) is 17.8. The van der Waals surface area contributed by atoms with Gasteiger partial charge >= 0.3 is 0 Å². The van der Waals surface area contributed by atoms with Gasteiger partial charge in [-0.3, -0.25) is 0 Å². The lowest BCUT2D eigenvalue weighted by atomic mass is 10.1. The van der Waals surface area contributed by atoms with Crippen LogP contribution in [0.5, 0.6) is 0 Å². The maximum atomic E-state index is 8.79. The average molecular weight is 386 g/mol. The number of hydrogen-bond acceptors (Lipinski definition) is 5. The van der Waals surface area contributed by atoms with Crippen molar-refractivity contribution in [2.75, 3.05) is 26.2 Å². The molecule has 7 heteroatoms. The zero-order valence-electron chi connectivity index (χ0n) is 15.1. The monoisotopic (exact) mass is 385 g/mol. The Morgan fingerprint density at radius 2 is 1.63 bits per heavy atom. The molecule has 2 aromatic carbocycles. The van der Waals surface area contributed by atoms with Crippen LogP contribution in [0.2, 0.25) is 5.02 Å². The molecule has 0 fully saturated rings. The predicted octanol–water partition coefficient (Wildman–Crippen LogP) is 2.32. The summed E-state index contributed by atoms with van der Waals surface area (Å²) in [4.78, 5) is 1.73. The van der Waals surface area contributed by atoms with Crippen molar-refractivity contribution in [2.45, 2.75) is 13.1 Å². The van der Waals surface area contributed by atoms with Crippen LogP contribution < -0.4 is 10.6 Å². The van der Waals surface area contributed by atoms with Crippen molar-refractivity contribution in [3.05, 3.63) is 70.9 Å². The minimum Gasteiger partial charge on any atom is -0.395 e. The molecule has 0 radical (unpaired) electrons. The normalized spacial score (nSPS) is 11.0. The summed E-state index contributed by atoms with van der Waals surface area (Å²) in [6.07, 6.45) is 0. The molecule has 1 aromatic heterocycles. The molecule has 3 rings (SSSR count). The Bertz CT molecular complexity index is 820. The first-order chi connectivity index (χ1) is 13.3. The highest BCUT2D eigenvalue weighted by Crippen LogP contribution is 2.20. The van der Waals surface area contributed by atoms with Gasteiger partial charge in [0.15, 0.2) is 0 Å². The summed E-state index contributed by atoms with van der Waals surface area (Å²) >= 11 is 5.96. The Kier molecular flexibility index (Phi) is 7.36. The van der Waals surface area contributed by atoms with E-state index in [1.54, 1.807) is 4.80 Å². The van der Waals surface area contributed by atoms with Gasteiger partial charge < -0.3 is 15.7 Å². The average Bonchev–Trinajstić information content (AvgIpc) is 3.10. The number of benzene rings is 2. The summed E-state index contributed by atoms with van der Waals surface area (Å²) in [6.45, 7) is 3.56. The van der Waals surface area contributed by atoms with E-state index in [9.17, 15) is 0 Å².